The van der Waals surface area contributed by atoms with Gasteiger partial charge in [-0.25, -0.2) is 4.39 Å². The molecule has 1 atom stereocenters. The zero-order chi connectivity index (χ0) is 13.1. The number of ether oxygens (including phenoxy) is 1. The first-order valence-corrected chi connectivity index (χ1v) is 6.44. The molecule has 18 heavy (non-hydrogen) atoms. The van der Waals surface area contributed by atoms with Crippen molar-refractivity contribution in [3.8, 4) is 5.75 Å². The molecule has 1 aromatic rings. The molecule has 0 spiro atoms. The number of benzene rings is 1. The predicted molar refractivity (Wildman–Crippen MR) is 68.1 cm³/mol. The summed E-state index contributed by atoms with van der Waals surface area (Å²) >= 11 is 0. The predicted octanol–water partition coefficient (Wildman–Crippen LogP) is 2.40. The number of aliphatic hydroxyl groups is 1. The van der Waals surface area contributed by atoms with Crippen LogP contribution in [0.1, 0.15) is 38.4 Å². The first kappa shape index (κ1) is 13.3. The molecule has 0 heterocycles. The molecule has 1 aromatic carbocycles. The molecule has 0 amide bonds. The van der Waals surface area contributed by atoms with E-state index in [1.165, 1.54) is 18.9 Å². The smallest absolute Gasteiger partial charge is 0.165 e. The van der Waals surface area contributed by atoms with Crippen LogP contribution in [0.5, 0.6) is 5.75 Å². The lowest BCUT2D eigenvalue weighted by Crippen LogP contribution is -2.23. The maximum Gasteiger partial charge on any atom is 0.165 e. The molecule has 0 aliphatic heterocycles. The Balaban J connectivity index is 1.97. The van der Waals surface area contributed by atoms with E-state index in [0.29, 0.717) is 18.2 Å². The monoisotopic (exact) mass is 253 g/mol. The van der Waals surface area contributed by atoms with E-state index in [1.54, 1.807) is 12.1 Å². The Morgan fingerprint density at radius 3 is 2.72 bits per heavy atom. The van der Waals surface area contributed by atoms with E-state index in [9.17, 15) is 9.50 Å². The quantitative estimate of drug-likeness (QED) is 0.818. The molecule has 1 saturated carbocycles. The summed E-state index contributed by atoms with van der Waals surface area (Å²) in [5.74, 6) is -0.192. The zero-order valence-electron chi connectivity index (χ0n) is 10.8. The van der Waals surface area contributed by atoms with Crippen molar-refractivity contribution in [3.05, 3.63) is 29.6 Å². The normalized spacial score (nSPS) is 16.9. The second-order valence-corrected chi connectivity index (χ2v) is 5.05. The number of hydrogen-bond donors (Lipinski definition) is 2. The Hall–Kier alpha value is -1.13. The fourth-order valence-corrected chi connectivity index (χ4v) is 1.76. The highest BCUT2D eigenvalue weighted by Crippen LogP contribution is 2.24. The van der Waals surface area contributed by atoms with Gasteiger partial charge in [-0.1, -0.05) is 6.07 Å². The molecule has 0 radical (unpaired) electrons. The van der Waals surface area contributed by atoms with Gasteiger partial charge >= 0.3 is 0 Å². The van der Waals surface area contributed by atoms with E-state index in [-0.39, 0.29) is 11.9 Å². The standard InChI is InChI=1S/C14H20FNO2/c1-9(2)18-14-6-3-10(7-12(14)15)13(17)8-16-11-4-5-11/h3,6-7,9,11,13,16-17H,4-5,8H2,1-2H3. The number of rotatable bonds is 6. The van der Waals surface area contributed by atoms with Gasteiger partial charge < -0.3 is 15.2 Å². The van der Waals surface area contributed by atoms with Gasteiger partial charge in [0.1, 0.15) is 0 Å². The summed E-state index contributed by atoms with van der Waals surface area (Å²) in [7, 11) is 0. The second-order valence-electron chi connectivity index (χ2n) is 5.05. The van der Waals surface area contributed by atoms with Crippen molar-refractivity contribution < 1.29 is 14.2 Å². The summed E-state index contributed by atoms with van der Waals surface area (Å²) in [6, 6.07) is 5.16. The van der Waals surface area contributed by atoms with Gasteiger partial charge in [-0.3, -0.25) is 0 Å². The highest BCUT2D eigenvalue weighted by Gasteiger charge is 2.22. The Bertz CT molecular complexity index is 405. The first-order chi connectivity index (χ1) is 8.56. The third-order valence-corrected chi connectivity index (χ3v) is 2.88. The average molecular weight is 253 g/mol. The fraction of sp³-hybridized carbons (Fsp3) is 0.571. The van der Waals surface area contributed by atoms with Crippen molar-refractivity contribution in [2.75, 3.05) is 6.54 Å². The van der Waals surface area contributed by atoms with Crippen LogP contribution in [0.2, 0.25) is 0 Å². The van der Waals surface area contributed by atoms with E-state index in [1.807, 2.05) is 13.8 Å². The number of nitrogens with one attached hydrogen (secondary N) is 1. The molecule has 1 fully saturated rings. The summed E-state index contributed by atoms with van der Waals surface area (Å²) in [5.41, 5.74) is 0.580. The average Bonchev–Trinajstić information content (AvgIpc) is 3.12. The van der Waals surface area contributed by atoms with Gasteiger partial charge in [-0.05, 0) is 44.4 Å². The minimum Gasteiger partial charge on any atom is -0.488 e. The molecule has 0 bridgehead atoms. The van der Waals surface area contributed by atoms with Gasteiger partial charge in [0.15, 0.2) is 11.6 Å². The summed E-state index contributed by atoms with van der Waals surface area (Å²) in [6.45, 7) is 4.16. The van der Waals surface area contributed by atoms with Gasteiger partial charge in [-0.15, -0.1) is 0 Å². The topological polar surface area (TPSA) is 41.5 Å². The lowest BCUT2D eigenvalue weighted by Gasteiger charge is -2.15. The third kappa shape index (κ3) is 3.68. The zero-order valence-corrected chi connectivity index (χ0v) is 10.8. The molecular formula is C14H20FNO2. The van der Waals surface area contributed by atoms with Gasteiger partial charge in [0.2, 0.25) is 0 Å². The number of hydrogen-bond acceptors (Lipinski definition) is 3. The van der Waals surface area contributed by atoms with Crippen molar-refractivity contribution in [2.24, 2.45) is 0 Å². The molecule has 1 aliphatic carbocycles. The van der Waals surface area contributed by atoms with Crippen LogP contribution < -0.4 is 10.1 Å². The SMILES string of the molecule is CC(C)Oc1ccc(C(O)CNC2CC2)cc1F. The largest absolute Gasteiger partial charge is 0.488 e. The summed E-state index contributed by atoms with van der Waals surface area (Å²) < 4.78 is 19.0. The molecular weight excluding hydrogens is 233 g/mol. The van der Waals surface area contributed by atoms with Crippen molar-refractivity contribution in [1.82, 2.24) is 5.32 Å². The van der Waals surface area contributed by atoms with Crippen LogP contribution in [0.3, 0.4) is 0 Å². The maximum atomic E-state index is 13.7. The van der Waals surface area contributed by atoms with Crippen LogP contribution in [-0.4, -0.2) is 23.8 Å². The minimum absolute atomic E-state index is 0.0631. The van der Waals surface area contributed by atoms with Crippen LogP contribution in [-0.2, 0) is 0 Å². The van der Waals surface area contributed by atoms with E-state index in [0.717, 1.165) is 0 Å². The molecule has 1 unspecified atom stereocenters. The Kier molecular flexibility index (Phi) is 4.19. The molecule has 100 valence electrons. The fourth-order valence-electron chi connectivity index (χ4n) is 1.76. The first-order valence-electron chi connectivity index (χ1n) is 6.44. The molecule has 0 saturated heterocycles. The van der Waals surface area contributed by atoms with Gasteiger partial charge in [0.25, 0.3) is 0 Å². The summed E-state index contributed by atoms with van der Waals surface area (Å²) in [4.78, 5) is 0. The van der Waals surface area contributed by atoms with Crippen molar-refractivity contribution >= 4 is 0 Å². The van der Waals surface area contributed by atoms with Crippen molar-refractivity contribution in [2.45, 2.75) is 44.9 Å². The third-order valence-electron chi connectivity index (χ3n) is 2.88. The van der Waals surface area contributed by atoms with Crippen LogP contribution >= 0.6 is 0 Å². The lowest BCUT2D eigenvalue weighted by molar-refractivity contribution is 0.173. The molecule has 3 nitrogen and oxygen atoms in total. The van der Waals surface area contributed by atoms with Crippen LogP contribution in [0.4, 0.5) is 4.39 Å². The highest BCUT2D eigenvalue weighted by molar-refractivity contribution is 5.30. The van der Waals surface area contributed by atoms with E-state index >= 15 is 0 Å². The van der Waals surface area contributed by atoms with E-state index < -0.39 is 11.9 Å². The minimum atomic E-state index is -0.673. The van der Waals surface area contributed by atoms with Crippen molar-refractivity contribution in [3.63, 3.8) is 0 Å². The summed E-state index contributed by atoms with van der Waals surface area (Å²) in [5, 5.41) is 13.1. The van der Waals surface area contributed by atoms with Gasteiger partial charge in [-0.2, -0.15) is 0 Å². The van der Waals surface area contributed by atoms with Gasteiger partial charge in [0.05, 0.1) is 12.2 Å². The maximum absolute atomic E-state index is 13.7. The van der Waals surface area contributed by atoms with Crippen LogP contribution in [0.15, 0.2) is 18.2 Å². The lowest BCUT2D eigenvalue weighted by atomic mass is 10.1. The molecule has 2 rings (SSSR count). The Labute approximate surface area is 107 Å². The van der Waals surface area contributed by atoms with E-state index in [4.69, 9.17) is 4.74 Å². The Morgan fingerprint density at radius 2 is 2.17 bits per heavy atom. The number of aliphatic hydroxyl groups excluding tert-OH is 1. The highest BCUT2D eigenvalue weighted by atomic mass is 19.1. The molecule has 0 aromatic heterocycles. The summed E-state index contributed by atoms with van der Waals surface area (Å²) in [6.07, 6.45) is 1.60. The molecule has 2 N–H and O–H groups in total. The molecule has 1 aliphatic rings. The van der Waals surface area contributed by atoms with Gasteiger partial charge in [0, 0.05) is 12.6 Å². The number of halogens is 1. The Morgan fingerprint density at radius 1 is 1.44 bits per heavy atom. The second kappa shape index (κ2) is 5.67. The van der Waals surface area contributed by atoms with Crippen LogP contribution in [0, 0.1) is 5.82 Å². The van der Waals surface area contributed by atoms with E-state index in [2.05, 4.69) is 5.32 Å². The molecule has 4 heteroatoms. The van der Waals surface area contributed by atoms with Crippen molar-refractivity contribution in [1.29, 1.82) is 0 Å². The van der Waals surface area contributed by atoms with Crippen LogP contribution in [0.25, 0.3) is 0 Å².